The predicted octanol–water partition coefficient (Wildman–Crippen LogP) is 1.79. The standard InChI is InChI=1S/C14H20N2O2.ClH/c15-13(11-5-2-1-3-6-11)9-14(17)16-12-7-4-8-18-10-12;/h1-3,5-6,12-13H,4,7-10,15H2,(H,16,17);1H. The summed E-state index contributed by atoms with van der Waals surface area (Å²) in [5.74, 6) is 0.00172. The minimum atomic E-state index is -0.240. The maximum atomic E-state index is 11.8. The van der Waals surface area contributed by atoms with E-state index in [1.807, 2.05) is 30.3 Å². The predicted molar refractivity (Wildman–Crippen MR) is 77.2 cm³/mol. The van der Waals surface area contributed by atoms with Crippen molar-refractivity contribution >= 4 is 18.3 Å². The fourth-order valence-corrected chi connectivity index (χ4v) is 2.16. The Balaban J connectivity index is 0.00000180. The average molecular weight is 285 g/mol. The number of nitrogens with two attached hydrogens (primary N) is 1. The Labute approximate surface area is 120 Å². The van der Waals surface area contributed by atoms with Crippen molar-refractivity contribution in [3.05, 3.63) is 35.9 Å². The molecule has 1 aliphatic rings. The molecule has 2 rings (SSSR count). The number of halogens is 1. The highest BCUT2D eigenvalue weighted by molar-refractivity contribution is 5.85. The number of ether oxygens (including phenoxy) is 1. The zero-order chi connectivity index (χ0) is 12.8. The molecule has 1 amide bonds. The third kappa shape index (κ3) is 5.19. The van der Waals surface area contributed by atoms with Crippen LogP contribution in [0.25, 0.3) is 0 Å². The topological polar surface area (TPSA) is 64.4 Å². The molecule has 0 aliphatic carbocycles. The largest absolute Gasteiger partial charge is 0.379 e. The van der Waals surface area contributed by atoms with Crippen LogP contribution in [0.15, 0.2) is 30.3 Å². The summed E-state index contributed by atoms with van der Waals surface area (Å²) in [6.07, 6.45) is 2.32. The number of carbonyl (C=O) groups excluding carboxylic acids is 1. The van der Waals surface area contributed by atoms with Gasteiger partial charge in [0, 0.05) is 19.1 Å². The second-order valence-electron chi connectivity index (χ2n) is 4.70. The highest BCUT2D eigenvalue weighted by Crippen LogP contribution is 2.13. The summed E-state index contributed by atoms with van der Waals surface area (Å²) in [6, 6.07) is 9.60. The second kappa shape index (κ2) is 8.15. The van der Waals surface area contributed by atoms with E-state index >= 15 is 0 Å². The van der Waals surface area contributed by atoms with Crippen molar-refractivity contribution in [1.82, 2.24) is 5.32 Å². The quantitative estimate of drug-likeness (QED) is 0.886. The molecule has 1 fully saturated rings. The highest BCUT2D eigenvalue weighted by atomic mass is 35.5. The van der Waals surface area contributed by atoms with Gasteiger partial charge in [0.2, 0.25) is 5.91 Å². The molecule has 0 aromatic heterocycles. The second-order valence-corrected chi connectivity index (χ2v) is 4.70. The molecule has 19 heavy (non-hydrogen) atoms. The average Bonchev–Trinajstić information content (AvgIpc) is 2.40. The van der Waals surface area contributed by atoms with Gasteiger partial charge in [0.1, 0.15) is 0 Å². The first kappa shape index (κ1) is 16.0. The van der Waals surface area contributed by atoms with Gasteiger partial charge in [0.15, 0.2) is 0 Å². The zero-order valence-corrected chi connectivity index (χ0v) is 11.7. The third-order valence-corrected chi connectivity index (χ3v) is 3.16. The van der Waals surface area contributed by atoms with Crippen LogP contribution < -0.4 is 11.1 Å². The van der Waals surface area contributed by atoms with Crippen LogP contribution in [0.4, 0.5) is 0 Å². The lowest BCUT2D eigenvalue weighted by Crippen LogP contribution is -2.41. The molecule has 106 valence electrons. The van der Waals surface area contributed by atoms with Crippen LogP contribution in [0.1, 0.15) is 30.9 Å². The summed E-state index contributed by atoms with van der Waals surface area (Å²) in [5.41, 5.74) is 7.00. The molecule has 1 aromatic rings. The van der Waals surface area contributed by atoms with E-state index in [2.05, 4.69) is 5.32 Å². The number of amides is 1. The van der Waals surface area contributed by atoms with E-state index in [4.69, 9.17) is 10.5 Å². The molecule has 1 heterocycles. The number of hydrogen-bond acceptors (Lipinski definition) is 3. The number of hydrogen-bond donors (Lipinski definition) is 2. The van der Waals surface area contributed by atoms with Crippen molar-refractivity contribution < 1.29 is 9.53 Å². The van der Waals surface area contributed by atoms with Crippen molar-refractivity contribution in [3.63, 3.8) is 0 Å². The normalized spacial score (nSPS) is 20.2. The fraction of sp³-hybridized carbons (Fsp3) is 0.500. The molecule has 4 nitrogen and oxygen atoms in total. The van der Waals surface area contributed by atoms with Gasteiger partial charge in [-0.3, -0.25) is 4.79 Å². The van der Waals surface area contributed by atoms with E-state index in [0.29, 0.717) is 13.0 Å². The molecule has 0 spiro atoms. The maximum absolute atomic E-state index is 11.8. The SMILES string of the molecule is Cl.NC(CC(=O)NC1CCCOC1)c1ccccc1. The molecular formula is C14H21ClN2O2. The lowest BCUT2D eigenvalue weighted by molar-refractivity contribution is -0.123. The Morgan fingerprint density at radius 1 is 1.42 bits per heavy atom. The fourth-order valence-electron chi connectivity index (χ4n) is 2.16. The number of benzene rings is 1. The molecule has 0 radical (unpaired) electrons. The van der Waals surface area contributed by atoms with E-state index in [1.165, 1.54) is 0 Å². The molecule has 2 unspecified atom stereocenters. The van der Waals surface area contributed by atoms with Crippen molar-refractivity contribution in [2.24, 2.45) is 5.73 Å². The van der Waals surface area contributed by atoms with E-state index in [1.54, 1.807) is 0 Å². The van der Waals surface area contributed by atoms with Crippen molar-refractivity contribution in [1.29, 1.82) is 0 Å². The van der Waals surface area contributed by atoms with Gasteiger partial charge in [-0.15, -0.1) is 12.4 Å². The van der Waals surface area contributed by atoms with E-state index < -0.39 is 0 Å². The van der Waals surface area contributed by atoms with E-state index in [0.717, 1.165) is 25.0 Å². The lowest BCUT2D eigenvalue weighted by Gasteiger charge is -2.23. The molecule has 1 aromatic carbocycles. The van der Waals surface area contributed by atoms with Crippen LogP contribution in [-0.4, -0.2) is 25.2 Å². The molecule has 2 atom stereocenters. The van der Waals surface area contributed by atoms with Crippen LogP contribution in [0.3, 0.4) is 0 Å². The van der Waals surface area contributed by atoms with Gasteiger partial charge in [-0.2, -0.15) is 0 Å². The van der Waals surface area contributed by atoms with Crippen LogP contribution in [0, 0.1) is 0 Å². The maximum Gasteiger partial charge on any atom is 0.222 e. The summed E-state index contributed by atoms with van der Waals surface area (Å²) < 4.78 is 5.33. The Kier molecular flexibility index (Phi) is 6.84. The molecule has 0 saturated carbocycles. The van der Waals surface area contributed by atoms with E-state index in [9.17, 15) is 4.79 Å². The zero-order valence-electron chi connectivity index (χ0n) is 10.9. The Morgan fingerprint density at radius 3 is 2.79 bits per heavy atom. The summed E-state index contributed by atoms with van der Waals surface area (Å²) >= 11 is 0. The van der Waals surface area contributed by atoms with E-state index in [-0.39, 0.29) is 30.4 Å². The van der Waals surface area contributed by atoms with Crippen LogP contribution in [0.2, 0.25) is 0 Å². The Hall–Kier alpha value is -1.10. The molecule has 1 aliphatic heterocycles. The monoisotopic (exact) mass is 284 g/mol. The van der Waals surface area contributed by atoms with Gasteiger partial charge < -0.3 is 15.8 Å². The smallest absolute Gasteiger partial charge is 0.222 e. The van der Waals surface area contributed by atoms with Gasteiger partial charge in [-0.1, -0.05) is 30.3 Å². The van der Waals surface area contributed by atoms with Gasteiger partial charge in [-0.05, 0) is 18.4 Å². The molecular weight excluding hydrogens is 264 g/mol. The third-order valence-electron chi connectivity index (χ3n) is 3.16. The summed E-state index contributed by atoms with van der Waals surface area (Å²) in [4.78, 5) is 11.8. The minimum absolute atomic E-state index is 0. The van der Waals surface area contributed by atoms with Crippen LogP contribution in [-0.2, 0) is 9.53 Å². The van der Waals surface area contributed by atoms with Gasteiger partial charge in [0.05, 0.1) is 12.6 Å². The van der Waals surface area contributed by atoms with Crippen molar-refractivity contribution in [3.8, 4) is 0 Å². The number of rotatable bonds is 4. The van der Waals surface area contributed by atoms with Gasteiger partial charge in [-0.25, -0.2) is 0 Å². The van der Waals surface area contributed by atoms with Gasteiger partial charge >= 0.3 is 0 Å². The van der Waals surface area contributed by atoms with Crippen LogP contribution >= 0.6 is 12.4 Å². The Morgan fingerprint density at radius 2 is 2.16 bits per heavy atom. The first-order valence-corrected chi connectivity index (χ1v) is 6.43. The van der Waals surface area contributed by atoms with Crippen molar-refractivity contribution in [2.75, 3.05) is 13.2 Å². The number of nitrogens with one attached hydrogen (secondary N) is 1. The number of carbonyl (C=O) groups is 1. The Bertz CT molecular complexity index is 380. The summed E-state index contributed by atoms with van der Waals surface area (Å²) in [5, 5.41) is 2.98. The minimum Gasteiger partial charge on any atom is -0.379 e. The molecule has 3 N–H and O–H groups in total. The molecule has 1 saturated heterocycles. The van der Waals surface area contributed by atoms with Crippen LogP contribution in [0.5, 0.6) is 0 Å². The first-order valence-electron chi connectivity index (χ1n) is 6.43. The molecule has 5 heteroatoms. The summed E-state index contributed by atoms with van der Waals surface area (Å²) in [6.45, 7) is 1.42. The van der Waals surface area contributed by atoms with Crippen molar-refractivity contribution in [2.45, 2.75) is 31.3 Å². The summed E-state index contributed by atoms with van der Waals surface area (Å²) in [7, 11) is 0. The highest BCUT2D eigenvalue weighted by Gasteiger charge is 2.18. The lowest BCUT2D eigenvalue weighted by atomic mass is 10.0. The van der Waals surface area contributed by atoms with Gasteiger partial charge in [0.25, 0.3) is 0 Å². The first-order chi connectivity index (χ1) is 8.75. The molecule has 0 bridgehead atoms.